The van der Waals surface area contributed by atoms with Crippen molar-refractivity contribution in [2.75, 3.05) is 40.4 Å². The van der Waals surface area contributed by atoms with Crippen molar-refractivity contribution in [2.24, 2.45) is 17.6 Å². The molecule has 0 spiro atoms. The first-order valence-corrected chi connectivity index (χ1v) is 7.32. The van der Waals surface area contributed by atoms with Gasteiger partial charge in [-0.15, -0.1) is 0 Å². The Kier molecular flexibility index (Phi) is 4.81. The largest absolute Gasteiger partial charge is 0.384 e. The fraction of sp³-hybridized carbons (Fsp3) is 0.929. The van der Waals surface area contributed by atoms with Crippen molar-refractivity contribution in [1.29, 1.82) is 0 Å². The zero-order chi connectivity index (χ0) is 13.9. The van der Waals surface area contributed by atoms with Gasteiger partial charge in [-0.2, -0.15) is 0 Å². The lowest BCUT2D eigenvalue weighted by Gasteiger charge is -2.40. The molecule has 1 aliphatic carbocycles. The summed E-state index contributed by atoms with van der Waals surface area (Å²) >= 11 is 0. The monoisotopic (exact) mass is 269 g/mol. The molecule has 1 saturated heterocycles. The third kappa shape index (κ3) is 3.27. The Morgan fingerprint density at radius 1 is 1.47 bits per heavy atom. The van der Waals surface area contributed by atoms with Crippen molar-refractivity contribution in [3.05, 3.63) is 0 Å². The summed E-state index contributed by atoms with van der Waals surface area (Å²) in [5.41, 5.74) is 5.15. The van der Waals surface area contributed by atoms with Gasteiger partial charge in [0.05, 0.1) is 6.61 Å². The van der Waals surface area contributed by atoms with E-state index in [1.807, 2.05) is 7.05 Å². The number of rotatable bonds is 7. The number of carbonyl (C=O) groups is 1. The molecule has 2 aliphatic rings. The number of amides is 1. The van der Waals surface area contributed by atoms with E-state index in [1.54, 1.807) is 7.11 Å². The topological polar surface area (TPSA) is 67.6 Å². The van der Waals surface area contributed by atoms with E-state index in [9.17, 15) is 4.79 Å². The molecule has 0 radical (unpaired) electrons. The van der Waals surface area contributed by atoms with Crippen LogP contribution in [0.25, 0.3) is 0 Å². The minimum atomic E-state index is -0.533. The number of nitrogens with zero attached hydrogens (tertiary/aromatic N) is 1. The normalized spacial score (nSPS) is 28.0. The molecule has 1 aliphatic heterocycles. The van der Waals surface area contributed by atoms with E-state index in [1.165, 1.54) is 12.8 Å². The molecule has 19 heavy (non-hydrogen) atoms. The van der Waals surface area contributed by atoms with Crippen LogP contribution in [0.15, 0.2) is 0 Å². The number of ether oxygens (including phenoxy) is 1. The average molecular weight is 269 g/mol. The van der Waals surface area contributed by atoms with Crippen LogP contribution in [-0.2, 0) is 9.53 Å². The molecule has 2 fully saturated rings. The molecule has 0 aromatic heterocycles. The molecule has 5 heteroatoms. The van der Waals surface area contributed by atoms with Crippen molar-refractivity contribution in [3.8, 4) is 0 Å². The van der Waals surface area contributed by atoms with Gasteiger partial charge in [0.1, 0.15) is 5.54 Å². The van der Waals surface area contributed by atoms with E-state index in [2.05, 4.69) is 10.2 Å². The van der Waals surface area contributed by atoms with Gasteiger partial charge in [0.25, 0.3) is 0 Å². The van der Waals surface area contributed by atoms with E-state index in [0.717, 1.165) is 39.1 Å². The van der Waals surface area contributed by atoms with Gasteiger partial charge < -0.3 is 20.7 Å². The lowest BCUT2D eigenvalue weighted by Crippen LogP contribution is -2.63. The number of nitrogens with two attached hydrogens (primary N) is 1. The second-order valence-electron chi connectivity index (χ2n) is 6.06. The maximum atomic E-state index is 11.9. The molecule has 1 heterocycles. The second kappa shape index (κ2) is 6.20. The van der Waals surface area contributed by atoms with Crippen LogP contribution < -0.4 is 11.1 Å². The summed E-state index contributed by atoms with van der Waals surface area (Å²) in [5.74, 6) is 0.796. The number of carbonyl (C=O) groups excluding carboxylic acids is 1. The smallest absolute Gasteiger partial charge is 0.239 e. The average Bonchev–Trinajstić information content (AvgIpc) is 3.21. The Balaban J connectivity index is 1.98. The predicted molar refractivity (Wildman–Crippen MR) is 74.7 cm³/mol. The number of likely N-dealkylation sites (N-methyl/N-ethyl adjacent to an activating group) is 1. The van der Waals surface area contributed by atoms with Crippen molar-refractivity contribution in [2.45, 2.75) is 31.2 Å². The highest BCUT2D eigenvalue weighted by molar-refractivity contribution is 5.86. The third-order valence-corrected chi connectivity index (χ3v) is 4.64. The van der Waals surface area contributed by atoms with Crippen LogP contribution >= 0.6 is 0 Å². The van der Waals surface area contributed by atoms with Crippen LogP contribution in [0, 0.1) is 11.8 Å². The van der Waals surface area contributed by atoms with Crippen LogP contribution in [-0.4, -0.2) is 56.7 Å². The van der Waals surface area contributed by atoms with Gasteiger partial charge in [0, 0.05) is 20.2 Å². The van der Waals surface area contributed by atoms with Gasteiger partial charge in [-0.05, 0) is 51.1 Å². The maximum Gasteiger partial charge on any atom is 0.239 e. The van der Waals surface area contributed by atoms with Crippen LogP contribution in [0.1, 0.15) is 25.7 Å². The molecule has 1 amide bonds. The molecule has 0 aromatic rings. The number of piperidine rings is 1. The quantitative estimate of drug-likeness (QED) is 0.693. The van der Waals surface area contributed by atoms with Gasteiger partial charge in [-0.3, -0.25) is 4.79 Å². The van der Waals surface area contributed by atoms with Crippen LogP contribution in [0.5, 0.6) is 0 Å². The summed E-state index contributed by atoms with van der Waals surface area (Å²) in [6.45, 7) is 3.62. The summed E-state index contributed by atoms with van der Waals surface area (Å²) < 4.78 is 5.26. The molecular formula is C14H27N3O2. The van der Waals surface area contributed by atoms with E-state index < -0.39 is 5.54 Å². The molecule has 1 saturated carbocycles. The Bertz CT molecular complexity index is 318. The maximum absolute atomic E-state index is 11.9. The number of methoxy groups -OCH3 is 1. The zero-order valence-electron chi connectivity index (χ0n) is 12.2. The third-order valence-electron chi connectivity index (χ3n) is 4.64. The number of hydrogen-bond donors (Lipinski definition) is 2. The second-order valence-corrected chi connectivity index (χ2v) is 6.06. The summed E-state index contributed by atoms with van der Waals surface area (Å²) in [7, 11) is 3.62. The summed E-state index contributed by atoms with van der Waals surface area (Å²) in [5, 5.41) is 3.22. The Labute approximate surface area is 115 Å². The number of primary amides is 1. The summed E-state index contributed by atoms with van der Waals surface area (Å²) in [6, 6.07) is 0. The van der Waals surface area contributed by atoms with Gasteiger partial charge >= 0.3 is 0 Å². The fourth-order valence-corrected chi connectivity index (χ4v) is 3.41. The first kappa shape index (κ1) is 14.8. The van der Waals surface area contributed by atoms with Gasteiger partial charge in [0.2, 0.25) is 5.91 Å². The zero-order valence-corrected chi connectivity index (χ0v) is 12.2. The highest BCUT2D eigenvalue weighted by Gasteiger charge is 2.49. The molecule has 5 nitrogen and oxygen atoms in total. The minimum Gasteiger partial charge on any atom is -0.384 e. The van der Waals surface area contributed by atoms with E-state index in [0.29, 0.717) is 11.8 Å². The first-order valence-electron chi connectivity index (χ1n) is 7.32. The van der Waals surface area contributed by atoms with Crippen LogP contribution in [0.2, 0.25) is 0 Å². The number of nitrogens with one attached hydrogen (secondary N) is 1. The predicted octanol–water partition coefficient (Wildman–Crippen LogP) is 0.198. The van der Waals surface area contributed by atoms with Gasteiger partial charge in [0.15, 0.2) is 0 Å². The van der Waals surface area contributed by atoms with Crippen molar-refractivity contribution >= 4 is 5.91 Å². The van der Waals surface area contributed by atoms with E-state index in [-0.39, 0.29) is 5.91 Å². The molecular weight excluding hydrogens is 242 g/mol. The fourth-order valence-electron chi connectivity index (χ4n) is 3.41. The SMILES string of the molecule is CNC(CN1CCCC(COC)C1)(C(N)=O)C1CC1. The highest BCUT2D eigenvalue weighted by Crippen LogP contribution is 2.40. The van der Waals surface area contributed by atoms with E-state index >= 15 is 0 Å². The molecule has 2 atom stereocenters. The van der Waals surface area contributed by atoms with Crippen LogP contribution in [0.3, 0.4) is 0 Å². The molecule has 2 rings (SSSR count). The summed E-state index contributed by atoms with van der Waals surface area (Å²) in [4.78, 5) is 14.3. The van der Waals surface area contributed by atoms with Crippen LogP contribution in [0.4, 0.5) is 0 Å². The van der Waals surface area contributed by atoms with E-state index in [4.69, 9.17) is 10.5 Å². The summed E-state index contributed by atoms with van der Waals surface area (Å²) in [6.07, 6.45) is 4.62. The standard InChI is InChI=1S/C14H27N3O2/c1-16-14(13(15)18,12-5-6-12)10-17-7-3-4-11(8-17)9-19-2/h11-12,16H,3-10H2,1-2H3,(H2,15,18). The van der Waals surface area contributed by atoms with Gasteiger partial charge in [-0.1, -0.05) is 0 Å². The molecule has 2 unspecified atom stereocenters. The van der Waals surface area contributed by atoms with Crippen molar-refractivity contribution in [1.82, 2.24) is 10.2 Å². The molecule has 0 aromatic carbocycles. The Morgan fingerprint density at radius 2 is 2.21 bits per heavy atom. The Hall–Kier alpha value is -0.650. The first-order chi connectivity index (χ1) is 9.12. The molecule has 3 N–H and O–H groups in total. The number of hydrogen-bond acceptors (Lipinski definition) is 4. The van der Waals surface area contributed by atoms with Crippen molar-refractivity contribution < 1.29 is 9.53 Å². The van der Waals surface area contributed by atoms with Crippen molar-refractivity contribution in [3.63, 3.8) is 0 Å². The molecule has 0 bridgehead atoms. The van der Waals surface area contributed by atoms with Gasteiger partial charge in [-0.25, -0.2) is 0 Å². The lowest BCUT2D eigenvalue weighted by molar-refractivity contribution is -0.126. The lowest BCUT2D eigenvalue weighted by atomic mass is 9.89. The minimum absolute atomic E-state index is 0.202. The highest BCUT2D eigenvalue weighted by atomic mass is 16.5. The Morgan fingerprint density at radius 3 is 2.74 bits per heavy atom. The number of likely N-dealkylation sites (tertiary alicyclic amines) is 1. The molecule has 110 valence electrons.